The summed E-state index contributed by atoms with van der Waals surface area (Å²) < 4.78 is 12.4. The molecule has 132 valence electrons. The second-order valence-electron chi connectivity index (χ2n) is 6.62. The van der Waals surface area contributed by atoms with Crippen molar-refractivity contribution in [2.24, 2.45) is 0 Å². The third kappa shape index (κ3) is 8.78. The van der Waals surface area contributed by atoms with Crippen molar-refractivity contribution in [1.29, 1.82) is 0 Å². The van der Waals surface area contributed by atoms with Crippen molar-refractivity contribution >= 4 is 18.7 Å². The van der Waals surface area contributed by atoms with E-state index in [0.29, 0.717) is 5.03 Å². The normalized spacial score (nSPS) is 15.2. The molecule has 1 atom stereocenters. The molecule has 4 heteroatoms. The van der Waals surface area contributed by atoms with E-state index >= 15 is 0 Å². The zero-order valence-corrected chi connectivity index (χ0v) is 16.8. The van der Waals surface area contributed by atoms with Gasteiger partial charge in [0.2, 0.25) is 0 Å². The highest BCUT2D eigenvalue weighted by atomic mass is 35.5. The summed E-state index contributed by atoms with van der Waals surface area (Å²) in [4.78, 5) is 0. The van der Waals surface area contributed by atoms with Crippen molar-refractivity contribution < 1.29 is 9.31 Å². The molecule has 0 aromatic carbocycles. The maximum absolute atomic E-state index is 6.41. The van der Waals surface area contributed by atoms with Gasteiger partial charge in [0.1, 0.15) is 0 Å². The van der Waals surface area contributed by atoms with Gasteiger partial charge >= 0.3 is 7.12 Å². The Morgan fingerprint density at radius 3 is 2.35 bits per heavy atom. The summed E-state index contributed by atoms with van der Waals surface area (Å²) in [5, 5.41) is 0.703. The number of allylic oxidation sites excluding steroid dienone is 5. The standard InChI is InChI=1S/C19H34BClO2/c1-9-13-16(6)22-20(23-19(7,8)12-4)15(5)14-18(21)17(10-2)11-3/h10,14,16H,2,9,11-13H2,1,3-8H3/b15-14+,18-17-. The first kappa shape index (κ1) is 22.5. The lowest BCUT2D eigenvalue weighted by atomic mass is 9.76. The third-order valence-corrected chi connectivity index (χ3v) is 4.34. The largest absolute Gasteiger partial charge is 0.489 e. The minimum Gasteiger partial charge on any atom is -0.405 e. The molecule has 0 rings (SSSR count). The topological polar surface area (TPSA) is 18.5 Å². The molecule has 1 unspecified atom stereocenters. The molecule has 0 aromatic heterocycles. The summed E-state index contributed by atoms with van der Waals surface area (Å²) in [6, 6.07) is 0. The van der Waals surface area contributed by atoms with Gasteiger partial charge in [0.05, 0.1) is 0 Å². The molecule has 0 saturated heterocycles. The number of halogens is 1. The molecule has 0 aliphatic heterocycles. The molecular formula is C19H34BClO2. The second-order valence-corrected chi connectivity index (χ2v) is 7.02. The molecule has 2 nitrogen and oxygen atoms in total. The van der Waals surface area contributed by atoms with E-state index < -0.39 is 0 Å². The first-order valence-electron chi connectivity index (χ1n) is 8.73. The highest BCUT2D eigenvalue weighted by Crippen LogP contribution is 2.23. The van der Waals surface area contributed by atoms with Crippen LogP contribution in [-0.4, -0.2) is 18.8 Å². The number of hydrogen-bond donors (Lipinski definition) is 0. The Bertz CT molecular complexity index is 427. The van der Waals surface area contributed by atoms with Gasteiger partial charge in [0.25, 0.3) is 0 Å². The van der Waals surface area contributed by atoms with Gasteiger partial charge in [0.15, 0.2) is 0 Å². The van der Waals surface area contributed by atoms with Crippen molar-refractivity contribution in [1.82, 2.24) is 0 Å². The molecule has 0 aromatic rings. The predicted octanol–water partition coefficient (Wildman–Crippen LogP) is 6.46. The highest BCUT2D eigenvalue weighted by molar-refractivity contribution is 6.54. The molecule has 0 aliphatic carbocycles. The third-order valence-electron chi connectivity index (χ3n) is 3.99. The molecule has 0 N–H and O–H groups in total. The maximum atomic E-state index is 6.41. The molecule has 0 aliphatic rings. The van der Waals surface area contributed by atoms with E-state index in [2.05, 4.69) is 48.1 Å². The van der Waals surface area contributed by atoms with Gasteiger partial charge in [-0.25, -0.2) is 0 Å². The lowest BCUT2D eigenvalue weighted by Gasteiger charge is -2.30. The van der Waals surface area contributed by atoms with Gasteiger partial charge in [-0.1, -0.05) is 51.4 Å². The van der Waals surface area contributed by atoms with E-state index in [1.165, 1.54) is 0 Å². The van der Waals surface area contributed by atoms with E-state index in [0.717, 1.165) is 36.7 Å². The second kappa shape index (κ2) is 11.1. The zero-order valence-electron chi connectivity index (χ0n) is 16.0. The molecule has 0 heterocycles. The number of hydrogen-bond acceptors (Lipinski definition) is 2. The Labute approximate surface area is 149 Å². The van der Waals surface area contributed by atoms with Crippen LogP contribution in [0, 0.1) is 0 Å². The van der Waals surface area contributed by atoms with E-state index in [1.807, 2.05) is 13.0 Å². The fourth-order valence-corrected chi connectivity index (χ4v) is 2.44. The maximum Gasteiger partial charge on any atom is 0.489 e. The summed E-state index contributed by atoms with van der Waals surface area (Å²) >= 11 is 6.41. The average molecular weight is 341 g/mol. The molecule has 0 radical (unpaired) electrons. The van der Waals surface area contributed by atoms with E-state index in [-0.39, 0.29) is 18.8 Å². The van der Waals surface area contributed by atoms with Gasteiger partial charge in [-0.2, -0.15) is 0 Å². The summed E-state index contributed by atoms with van der Waals surface area (Å²) in [6.45, 7) is 18.4. The monoisotopic (exact) mass is 340 g/mol. The molecule has 23 heavy (non-hydrogen) atoms. The van der Waals surface area contributed by atoms with Crippen LogP contribution in [0.4, 0.5) is 0 Å². The van der Waals surface area contributed by atoms with Crippen LogP contribution in [-0.2, 0) is 9.31 Å². The predicted molar refractivity (Wildman–Crippen MR) is 104 cm³/mol. The Morgan fingerprint density at radius 1 is 1.30 bits per heavy atom. The van der Waals surface area contributed by atoms with Crippen LogP contribution in [0.15, 0.2) is 34.8 Å². The van der Waals surface area contributed by atoms with Gasteiger partial charge < -0.3 is 9.31 Å². The quantitative estimate of drug-likeness (QED) is 0.317. The van der Waals surface area contributed by atoms with Crippen LogP contribution in [0.1, 0.15) is 74.1 Å². The minimum absolute atomic E-state index is 0.147. The highest BCUT2D eigenvalue weighted by Gasteiger charge is 2.30. The van der Waals surface area contributed by atoms with Crippen LogP contribution in [0.2, 0.25) is 0 Å². The first-order chi connectivity index (χ1) is 10.7. The lowest BCUT2D eigenvalue weighted by molar-refractivity contribution is 0.0510. The molecule has 0 fully saturated rings. The van der Waals surface area contributed by atoms with Crippen molar-refractivity contribution in [2.75, 3.05) is 0 Å². The fourth-order valence-electron chi connectivity index (χ4n) is 2.06. The SMILES string of the molecule is C=C/C(CC)=C(Cl)\C=C(/C)B(OC(C)CCC)OC(C)(C)CC. The van der Waals surface area contributed by atoms with Crippen molar-refractivity contribution in [3.63, 3.8) is 0 Å². The Kier molecular flexibility index (Phi) is 10.9. The van der Waals surface area contributed by atoms with Crippen LogP contribution < -0.4 is 0 Å². The minimum atomic E-state index is -0.386. The molecule has 0 saturated carbocycles. The van der Waals surface area contributed by atoms with Crippen LogP contribution in [0.5, 0.6) is 0 Å². The fraction of sp³-hybridized carbons (Fsp3) is 0.684. The Balaban J connectivity index is 5.39. The Morgan fingerprint density at radius 2 is 1.91 bits per heavy atom. The van der Waals surface area contributed by atoms with E-state index in [9.17, 15) is 0 Å². The summed E-state index contributed by atoms with van der Waals surface area (Å²) in [5.41, 5.74) is 1.77. The van der Waals surface area contributed by atoms with Crippen LogP contribution >= 0.6 is 11.6 Å². The van der Waals surface area contributed by atoms with Crippen LogP contribution in [0.25, 0.3) is 0 Å². The molecule has 0 bridgehead atoms. The molecule has 0 amide bonds. The van der Waals surface area contributed by atoms with Crippen molar-refractivity contribution in [3.05, 3.63) is 34.8 Å². The molecular weight excluding hydrogens is 306 g/mol. The number of rotatable bonds is 11. The smallest absolute Gasteiger partial charge is 0.405 e. The van der Waals surface area contributed by atoms with Crippen molar-refractivity contribution in [2.45, 2.75) is 85.9 Å². The Hall–Kier alpha value is -0.505. The molecule has 0 spiro atoms. The summed E-state index contributed by atoms with van der Waals surface area (Å²) in [6.07, 6.45) is 7.76. The van der Waals surface area contributed by atoms with Gasteiger partial charge in [-0.3, -0.25) is 0 Å². The zero-order chi connectivity index (χ0) is 18.0. The van der Waals surface area contributed by atoms with E-state index in [1.54, 1.807) is 6.08 Å². The van der Waals surface area contributed by atoms with E-state index in [4.69, 9.17) is 20.9 Å². The van der Waals surface area contributed by atoms with Crippen LogP contribution in [0.3, 0.4) is 0 Å². The van der Waals surface area contributed by atoms with Crippen molar-refractivity contribution in [3.8, 4) is 0 Å². The van der Waals surface area contributed by atoms with Gasteiger partial charge in [-0.05, 0) is 64.1 Å². The summed E-state index contributed by atoms with van der Waals surface area (Å²) in [5.74, 6) is 0. The summed E-state index contributed by atoms with van der Waals surface area (Å²) in [7, 11) is -0.386. The lowest BCUT2D eigenvalue weighted by Crippen LogP contribution is -2.38. The van der Waals surface area contributed by atoms with Gasteiger partial charge in [0, 0.05) is 16.7 Å². The first-order valence-corrected chi connectivity index (χ1v) is 9.11. The van der Waals surface area contributed by atoms with Gasteiger partial charge in [-0.15, -0.1) is 0 Å². The average Bonchev–Trinajstić information content (AvgIpc) is 2.47.